The predicted molar refractivity (Wildman–Crippen MR) is 54.8 cm³/mol. The second kappa shape index (κ2) is 4.25. The normalized spacial score (nSPS) is 8.57. The maximum Gasteiger partial charge on any atom is 0.143 e. The molecule has 0 aliphatic heterocycles. The number of terminal acetylenes is 2. The number of benzene rings is 1. The van der Waals surface area contributed by atoms with E-state index in [4.69, 9.17) is 22.3 Å². The molecule has 1 aromatic rings. The van der Waals surface area contributed by atoms with Crippen LogP contribution in [0.1, 0.15) is 11.1 Å². The van der Waals surface area contributed by atoms with Crippen LogP contribution in [0.3, 0.4) is 0 Å². The van der Waals surface area contributed by atoms with Gasteiger partial charge in [-0.2, -0.15) is 0 Å². The van der Waals surface area contributed by atoms with Crippen molar-refractivity contribution in [2.45, 2.75) is 13.8 Å². The molecule has 0 bridgehead atoms. The van der Waals surface area contributed by atoms with E-state index in [0.717, 1.165) is 11.1 Å². The standard InChI is InChI=1S/C12H10O2/c1-5-13-11-7-10(4)12(14-6-2)8-9(11)3/h1-2,7-8H,3-4H3. The zero-order valence-electron chi connectivity index (χ0n) is 8.13. The van der Waals surface area contributed by atoms with E-state index in [1.54, 1.807) is 12.1 Å². The lowest BCUT2D eigenvalue weighted by Crippen LogP contribution is -1.91. The maximum atomic E-state index is 5.04. The lowest BCUT2D eigenvalue weighted by molar-refractivity contribution is 0.499. The SMILES string of the molecule is C#COc1cc(C)c(OC#C)cc1C. The van der Waals surface area contributed by atoms with Gasteiger partial charge in [-0.1, -0.05) is 12.8 Å². The van der Waals surface area contributed by atoms with E-state index < -0.39 is 0 Å². The van der Waals surface area contributed by atoms with Gasteiger partial charge in [-0.25, -0.2) is 0 Å². The van der Waals surface area contributed by atoms with Gasteiger partial charge in [0.1, 0.15) is 23.7 Å². The molecule has 0 atom stereocenters. The van der Waals surface area contributed by atoms with Crippen LogP contribution in [0.15, 0.2) is 12.1 Å². The summed E-state index contributed by atoms with van der Waals surface area (Å²) < 4.78 is 9.94. The van der Waals surface area contributed by atoms with Gasteiger partial charge in [-0.3, -0.25) is 0 Å². The van der Waals surface area contributed by atoms with Crippen LogP contribution >= 0.6 is 0 Å². The largest absolute Gasteiger partial charge is 0.408 e. The highest BCUT2D eigenvalue weighted by molar-refractivity contribution is 5.46. The highest BCUT2D eigenvalue weighted by atomic mass is 16.5. The number of hydrogen-bond acceptors (Lipinski definition) is 2. The van der Waals surface area contributed by atoms with Crippen molar-refractivity contribution >= 4 is 0 Å². The molecule has 0 saturated carbocycles. The van der Waals surface area contributed by atoms with Crippen molar-refractivity contribution in [3.05, 3.63) is 23.3 Å². The minimum absolute atomic E-state index is 0.648. The third-order valence-electron chi connectivity index (χ3n) is 1.81. The van der Waals surface area contributed by atoms with Crippen molar-refractivity contribution in [1.29, 1.82) is 0 Å². The fraction of sp³-hybridized carbons (Fsp3) is 0.167. The average molecular weight is 186 g/mol. The topological polar surface area (TPSA) is 18.5 Å². The molecule has 0 amide bonds. The summed E-state index contributed by atoms with van der Waals surface area (Å²) in [5.41, 5.74) is 1.78. The van der Waals surface area contributed by atoms with Crippen molar-refractivity contribution in [2.24, 2.45) is 0 Å². The fourth-order valence-electron chi connectivity index (χ4n) is 1.11. The van der Waals surface area contributed by atoms with Gasteiger partial charge in [0, 0.05) is 0 Å². The molecule has 1 aromatic carbocycles. The minimum Gasteiger partial charge on any atom is -0.408 e. The van der Waals surface area contributed by atoms with Gasteiger partial charge < -0.3 is 9.47 Å². The maximum absolute atomic E-state index is 5.04. The lowest BCUT2D eigenvalue weighted by Gasteiger charge is -2.07. The molecule has 2 nitrogen and oxygen atoms in total. The van der Waals surface area contributed by atoms with E-state index >= 15 is 0 Å². The van der Waals surface area contributed by atoms with Crippen LogP contribution in [0.5, 0.6) is 11.5 Å². The van der Waals surface area contributed by atoms with Crippen LogP contribution in [0.4, 0.5) is 0 Å². The van der Waals surface area contributed by atoms with Crippen molar-refractivity contribution in [3.63, 3.8) is 0 Å². The minimum atomic E-state index is 0.648. The molecule has 0 heterocycles. The zero-order valence-corrected chi connectivity index (χ0v) is 8.13. The molecular formula is C12H10O2. The van der Waals surface area contributed by atoms with E-state index in [1.165, 1.54) is 0 Å². The summed E-state index contributed by atoms with van der Waals surface area (Å²) in [6, 6.07) is 3.59. The Labute approximate surface area is 83.8 Å². The summed E-state index contributed by atoms with van der Waals surface area (Å²) in [6.07, 6.45) is 14.3. The first kappa shape index (κ1) is 10.0. The predicted octanol–water partition coefficient (Wildman–Crippen LogP) is 2.24. The van der Waals surface area contributed by atoms with Crippen LogP contribution in [-0.4, -0.2) is 0 Å². The van der Waals surface area contributed by atoms with Crippen LogP contribution in [0.2, 0.25) is 0 Å². The Bertz CT molecular complexity index is 377. The van der Waals surface area contributed by atoms with Gasteiger partial charge in [0.05, 0.1) is 0 Å². The van der Waals surface area contributed by atoms with E-state index in [0.29, 0.717) is 11.5 Å². The molecule has 70 valence electrons. The van der Waals surface area contributed by atoms with Crippen molar-refractivity contribution < 1.29 is 9.47 Å². The van der Waals surface area contributed by atoms with E-state index in [-0.39, 0.29) is 0 Å². The number of rotatable bonds is 2. The number of ether oxygens (including phenoxy) is 2. The molecule has 0 radical (unpaired) electrons. The van der Waals surface area contributed by atoms with Gasteiger partial charge in [-0.15, -0.1) is 0 Å². The molecule has 2 heteroatoms. The van der Waals surface area contributed by atoms with Gasteiger partial charge in [0.15, 0.2) is 0 Å². The molecule has 0 N–H and O–H groups in total. The highest BCUT2D eigenvalue weighted by Gasteiger charge is 2.05. The van der Waals surface area contributed by atoms with Gasteiger partial charge in [0.2, 0.25) is 0 Å². The average Bonchev–Trinajstić information content (AvgIpc) is 2.14. The summed E-state index contributed by atoms with van der Waals surface area (Å²) in [5.74, 6) is 1.30. The summed E-state index contributed by atoms with van der Waals surface area (Å²) in [7, 11) is 0. The van der Waals surface area contributed by atoms with Crippen LogP contribution in [0, 0.1) is 38.9 Å². The summed E-state index contributed by atoms with van der Waals surface area (Å²) in [4.78, 5) is 0. The Morgan fingerprint density at radius 3 is 1.57 bits per heavy atom. The third kappa shape index (κ3) is 2.00. The summed E-state index contributed by atoms with van der Waals surface area (Å²) in [6.45, 7) is 3.74. The summed E-state index contributed by atoms with van der Waals surface area (Å²) in [5, 5.41) is 0. The van der Waals surface area contributed by atoms with E-state index in [1.807, 2.05) is 13.8 Å². The Hall–Kier alpha value is -2.06. The smallest absolute Gasteiger partial charge is 0.143 e. The fourth-order valence-corrected chi connectivity index (χ4v) is 1.11. The van der Waals surface area contributed by atoms with Crippen molar-refractivity contribution in [3.8, 4) is 36.6 Å². The van der Waals surface area contributed by atoms with Gasteiger partial charge in [-0.05, 0) is 37.1 Å². The Morgan fingerprint density at radius 1 is 0.929 bits per heavy atom. The molecule has 0 aliphatic rings. The van der Waals surface area contributed by atoms with Gasteiger partial charge in [0.25, 0.3) is 0 Å². The first-order chi connectivity index (χ1) is 6.69. The molecular weight excluding hydrogens is 176 g/mol. The molecule has 0 aromatic heterocycles. The second-order valence-corrected chi connectivity index (χ2v) is 2.82. The molecule has 1 rings (SSSR count). The molecule has 0 saturated heterocycles. The molecule has 0 unspecified atom stereocenters. The highest BCUT2D eigenvalue weighted by Crippen LogP contribution is 2.27. The van der Waals surface area contributed by atoms with Crippen molar-refractivity contribution in [2.75, 3.05) is 0 Å². The van der Waals surface area contributed by atoms with Crippen LogP contribution in [-0.2, 0) is 0 Å². The van der Waals surface area contributed by atoms with Gasteiger partial charge >= 0.3 is 0 Å². The second-order valence-electron chi connectivity index (χ2n) is 2.82. The molecule has 0 fully saturated rings. The molecule has 0 aliphatic carbocycles. The monoisotopic (exact) mass is 186 g/mol. The Morgan fingerprint density at radius 2 is 1.29 bits per heavy atom. The Balaban J connectivity index is 3.13. The quantitative estimate of drug-likeness (QED) is 0.659. The van der Waals surface area contributed by atoms with Crippen LogP contribution < -0.4 is 9.47 Å². The van der Waals surface area contributed by atoms with Crippen molar-refractivity contribution in [1.82, 2.24) is 0 Å². The van der Waals surface area contributed by atoms with Crippen LogP contribution in [0.25, 0.3) is 0 Å². The van der Waals surface area contributed by atoms with E-state index in [9.17, 15) is 0 Å². The lowest BCUT2D eigenvalue weighted by atomic mass is 10.1. The zero-order chi connectivity index (χ0) is 10.6. The summed E-state index contributed by atoms with van der Waals surface area (Å²) >= 11 is 0. The van der Waals surface area contributed by atoms with E-state index in [2.05, 4.69) is 12.2 Å². The number of hydrogen-bond donors (Lipinski definition) is 0. The molecule has 0 spiro atoms. The third-order valence-corrected chi connectivity index (χ3v) is 1.81. The Kier molecular flexibility index (Phi) is 3.05. The first-order valence-electron chi connectivity index (χ1n) is 4.05. The first-order valence-corrected chi connectivity index (χ1v) is 4.05. The number of aryl methyl sites for hydroxylation is 2. The molecule has 14 heavy (non-hydrogen) atoms.